The van der Waals surface area contributed by atoms with Crippen LogP contribution in [0.4, 0.5) is 5.69 Å². The predicted molar refractivity (Wildman–Crippen MR) is 107 cm³/mol. The van der Waals surface area contributed by atoms with Gasteiger partial charge in [-0.05, 0) is 42.8 Å². The molecule has 1 amide bonds. The van der Waals surface area contributed by atoms with Gasteiger partial charge in [0.05, 0.1) is 5.75 Å². The molecule has 3 aromatic rings. The molecule has 0 bridgehead atoms. The van der Waals surface area contributed by atoms with Crippen molar-refractivity contribution < 1.29 is 9.59 Å². The second-order valence-corrected chi connectivity index (χ2v) is 7.45. The van der Waals surface area contributed by atoms with Crippen LogP contribution in [0.25, 0.3) is 11.4 Å². The number of rotatable bonds is 6. The molecule has 1 fully saturated rings. The molecule has 0 radical (unpaired) electrons. The average molecular weight is 393 g/mol. The summed E-state index contributed by atoms with van der Waals surface area (Å²) in [6, 6.07) is 11.0. The average Bonchev–Trinajstić information content (AvgIpc) is 3.32. The number of nitrogens with zero attached hydrogens (tertiary/aromatic N) is 5. The van der Waals surface area contributed by atoms with Gasteiger partial charge in [0.15, 0.2) is 16.8 Å². The number of aromatic nitrogens is 4. The third-order valence-electron chi connectivity index (χ3n) is 4.68. The number of thioether (sulfide) groups is 1. The van der Waals surface area contributed by atoms with Crippen LogP contribution in [0.5, 0.6) is 0 Å². The van der Waals surface area contributed by atoms with E-state index in [4.69, 9.17) is 0 Å². The molecule has 0 aliphatic carbocycles. The zero-order valence-electron chi connectivity index (χ0n) is 15.4. The van der Waals surface area contributed by atoms with E-state index in [0.29, 0.717) is 17.1 Å². The van der Waals surface area contributed by atoms with E-state index in [2.05, 4.69) is 15.2 Å². The highest BCUT2D eigenvalue weighted by atomic mass is 32.2. The Bertz CT molecular complexity index is 1000. The highest BCUT2D eigenvalue weighted by molar-refractivity contribution is 7.99. The Hall–Kier alpha value is -3.00. The lowest BCUT2D eigenvalue weighted by Gasteiger charge is -2.15. The maximum Gasteiger partial charge on any atom is 0.227 e. The summed E-state index contributed by atoms with van der Waals surface area (Å²) in [7, 11) is 1.88. The van der Waals surface area contributed by atoms with Gasteiger partial charge in [-0.2, -0.15) is 0 Å². The molecule has 7 nitrogen and oxygen atoms in total. The van der Waals surface area contributed by atoms with Crippen LogP contribution < -0.4 is 4.90 Å². The Balaban J connectivity index is 1.41. The van der Waals surface area contributed by atoms with Crippen molar-refractivity contribution in [3.05, 3.63) is 54.4 Å². The van der Waals surface area contributed by atoms with E-state index < -0.39 is 0 Å². The van der Waals surface area contributed by atoms with Crippen molar-refractivity contribution >= 4 is 29.1 Å². The highest BCUT2D eigenvalue weighted by Crippen LogP contribution is 2.24. The first-order valence-corrected chi connectivity index (χ1v) is 9.98. The lowest BCUT2D eigenvalue weighted by molar-refractivity contribution is -0.117. The highest BCUT2D eigenvalue weighted by Gasteiger charge is 2.21. The molecule has 1 saturated heterocycles. The van der Waals surface area contributed by atoms with Crippen LogP contribution in [-0.2, 0) is 11.8 Å². The van der Waals surface area contributed by atoms with Gasteiger partial charge in [0.2, 0.25) is 5.91 Å². The van der Waals surface area contributed by atoms with Gasteiger partial charge in [0.1, 0.15) is 0 Å². The maximum absolute atomic E-state index is 12.5. The van der Waals surface area contributed by atoms with E-state index in [-0.39, 0.29) is 17.4 Å². The molecule has 0 unspecified atom stereocenters. The minimum Gasteiger partial charge on any atom is -0.312 e. The number of carbonyl (C=O) groups is 2. The normalized spacial score (nSPS) is 13.9. The first kappa shape index (κ1) is 18.4. The summed E-state index contributed by atoms with van der Waals surface area (Å²) in [5, 5.41) is 9.09. The van der Waals surface area contributed by atoms with E-state index in [1.54, 1.807) is 29.4 Å². The second kappa shape index (κ2) is 7.93. The van der Waals surface area contributed by atoms with E-state index in [1.165, 1.54) is 11.8 Å². The lowest BCUT2D eigenvalue weighted by atomic mass is 10.1. The summed E-state index contributed by atoms with van der Waals surface area (Å²) in [4.78, 5) is 30.1. The largest absolute Gasteiger partial charge is 0.312 e. The summed E-state index contributed by atoms with van der Waals surface area (Å²) in [5.41, 5.74) is 2.40. The zero-order valence-corrected chi connectivity index (χ0v) is 16.2. The van der Waals surface area contributed by atoms with Crippen LogP contribution in [0.1, 0.15) is 23.2 Å². The molecule has 1 aliphatic heterocycles. The van der Waals surface area contributed by atoms with Crippen molar-refractivity contribution in [1.29, 1.82) is 0 Å². The number of pyridine rings is 1. The number of hydrogen-bond donors (Lipinski definition) is 0. The van der Waals surface area contributed by atoms with Crippen LogP contribution in [0, 0.1) is 0 Å². The SMILES string of the molecule is Cn1c(SCC(=O)c2ccc(N3CCCC3=O)cc2)nnc1-c1ccncc1. The third kappa shape index (κ3) is 3.68. The van der Waals surface area contributed by atoms with Crippen LogP contribution in [0.15, 0.2) is 53.9 Å². The minimum absolute atomic E-state index is 0.0118. The van der Waals surface area contributed by atoms with Crippen LogP contribution in [0.3, 0.4) is 0 Å². The number of hydrogen-bond acceptors (Lipinski definition) is 6. The van der Waals surface area contributed by atoms with E-state index >= 15 is 0 Å². The number of amides is 1. The summed E-state index contributed by atoms with van der Waals surface area (Å²) >= 11 is 1.36. The number of ketones is 1. The Morgan fingerprint density at radius 1 is 1.11 bits per heavy atom. The standard InChI is InChI=1S/C20H19N5O2S/c1-24-19(15-8-10-21-11-9-15)22-23-20(24)28-13-17(26)14-4-6-16(7-5-14)25-12-2-3-18(25)27/h4-11H,2-3,12-13H2,1H3. The van der Waals surface area contributed by atoms with Crippen LogP contribution in [0.2, 0.25) is 0 Å². The van der Waals surface area contributed by atoms with Gasteiger partial charge >= 0.3 is 0 Å². The van der Waals surface area contributed by atoms with Gasteiger partial charge < -0.3 is 9.47 Å². The molecular weight excluding hydrogens is 374 g/mol. The van der Waals surface area contributed by atoms with E-state index in [9.17, 15) is 9.59 Å². The van der Waals surface area contributed by atoms with Crippen LogP contribution in [-0.4, -0.2) is 43.7 Å². The number of anilines is 1. The lowest BCUT2D eigenvalue weighted by Crippen LogP contribution is -2.23. The molecule has 4 rings (SSSR count). The van der Waals surface area contributed by atoms with Gasteiger partial charge in [-0.15, -0.1) is 10.2 Å². The van der Waals surface area contributed by atoms with Crippen molar-refractivity contribution in [2.24, 2.45) is 7.05 Å². The van der Waals surface area contributed by atoms with Crippen molar-refractivity contribution in [3.63, 3.8) is 0 Å². The Kier molecular flexibility index (Phi) is 5.21. The zero-order chi connectivity index (χ0) is 19.5. The van der Waals surface area contributed by atoms with Crippen molar-refractivity contribution in [2.45, 2.75) is 18.0 Å². The molecule has 142 valence electrons. The third-order valence-corrected chi connectivity index (χ3v) is 5.70. The molecule has 0 atom stereocenters. The second-order valence-electron chi connectivity index (χ2n) is 6.51. The summed E-state index contributed by atoms with van der Waals surface area (Å²) in [6.07, 6.45) is 4.89. The molecule has 1 aromatic carbocycles. The fourth-order valence-corrected chi connectivity index (χ4v) is 3.96. The summed E-state index contributed by atoms with van der Waals surface area (Å²) in [5.74, 6) is 1.15. The van der Waals surface area contributed by atoms with Gasteiger partial charge in [-0.3, -0.25) is 14.6 Å². The molecule has 0 N–H and O–H groups in total. The Morgan fingerprint density at radius 2 is 1.86 bits per heavy atom. The fraction of sp³-hybridized carbons (Fsp3) is 0.250. The van der Waals surface area contributed by atoms with Crippen LogP contribution >= 0.6 is 11.8 Å². The maximum atomic E-state index is 12.5. The van der Waals surface area contributed by atoms with Crippen molar-refractivity contribution in [1.82, 2.24) is 19.7 Å². The fourth-order valence-electron chi connectivity index (χ4n) is 3.15. The van der Waals surface area contributed by atoms with Crippen molar-refractivity contribution in [3.8, 4) is 11.4 Å². The van der Waals surface area contributed by atoms with Crippen molar-refractivity contribution in [2.75, 3.05) is 17.2 Å². The quantitative estimate of drug-likeness (QED) is 0.473. The molecule has 1 aliphatic rings. The molecule has 8 heteroatoms. The predicted octanol–water partition coefficient (Wildman–Crippen LogP) is 2.98. The Morgan fingerprint density at radius 3 is 2.54 bits per heavy atom. The molecule has 0 spiro atoms. The van der Waals surface area contributed by atoms with E-state index in [0.717, 1.165) is 30.0 Å². The van der Waals surface area contributed by atoms with Gasteiger partial charge in [-0.25, -0.2) is 0 Å². The van der Waals surface area contributed by atoms with E-state index in [1.807, 2.05) is 35.9 Å². The first-order valence-electron chi connectivity index (χ1n) is 9.00. The molecular formula is C20H19N5O2S. The monoisotopic (exact) mass is 393 g/mol. The summed E-state index contributed by atoms with van der Waals surface area (Å²) < 4.78 is 1.87. The number of Topliss-reactive ketones (excluding diaryl/α,β-unsaturated/α-hetero) is 1. The minimum atomic E-state index is 0.0118. The molecule has 2 aromatic heterocycles. The number of carbonyl (C=O) groups excluding carboxylic acids is 2. The van der Waals surface area contributed by atoms with Gasteiger partial charge in [0.25, 0.3) is 0 Å². The van der Waals surface area contributed by atoms with Gasteiger partial charge in [-0.1, -0.05) is 11.8 Å². The smallest absolute Gasteiger partial charge is 0.227 e. The topological polar surface area (TPSA) is 81.0 Å². The molecule has 3 heterocycles. The van der Waals surface area contributed by atoms with Gasteiger partial charge in [0, 0.05) is 49.2 Å². The molecule has 0 saturated carbocycles. The first-order chi connectivity index (χ1) is 13.6. The number of benzene rings is 1. The summed E-state index contributed by atoms with van der Waals surface area (Å²) in [6.45, 7) is 0.744. The Labute approximate surface area is 166 Å². The molecule has 28 heavy (non-hydrogen) atoms.